The van der Waals surface area contributed by atoms with Crippen LogP contribution in [-0.2, 0) is 15.7 Å². The number of rotatable bonds is 2. The lowest BCUT2D eigenvalue weighted by atomic mass is 10.0. The van der Waals surface area contributed by atoms with Gasteiger partial charge in [0.15, 0.2) is 0 Å². The number of ether oxygens (including phenoxy) is 1. The van der Waals surface area contributed by atoms with Gasteiger partial charge in [0.2, 0.25) is 0 Å². The fourth-order valence-electron chi connectivity index (χ4n) is 2.35. The van der Waals surface area contributed by atoms with Crippen molar-refractivity contribution in [3.8, 4) is 0 Å². The van der Waals surface area contributed by atoms with E-state index in [1.807, 2.05) is 0 Å². The number of carbonyl (C=O) groups is 2. The molecule has 24 heavy (non-hydrogen) atoms. The molecule has 0 spiro atoms. The van der Waals surface area contributed by atoms with Crippen LogP contribution in [0.2, 0.25) is 0 Å². The summed E-state index contributed by atoms with van der Waals surface area (Å²) >= 11 is 0. The Kier molecular flexibility index (Phi) is 6.56. The second-order valence-corrected chi connectivity index (χ2v) is 4.97. The van der Waals surface area contributed by atoms with Gasteiger partial charge >= 0.3 is 12.1 Å². The highest BCUT2D eigenvalue weighted by molar-refractivity contribution is 5.96. The Hall–Kier alpha value is -1.87. The van der Waals surface area contributed by atoms with Crippen LogP contribution in [0.3, 0.4) is 0 Å². The first-order chi connectivity index (χ1) is 10.7. The molecule has 1 heterocycles. The Balaban J connectivity index is 0.00000288. The molecule has 1 saturated heterocycles. The van der Waals surface area contributed by atoms with Gasteiger partial charge in [0.05, 0.1) is 18.2 Å². The number of nitrogens with zero attached hydrogens (tertiary/aromatic N) is 1. The highest BCUT2D eigenvalue weighted by atomic mass is 35.5. The fourth-order valence-corrected chi connectivity index (χ4v) is 2.35. The summed E-state index contributed by atoms with van der Waals surface area (Å²) in [6.07, 6.45) is -4.78. The van der Waals surface area contributed by atoms with Crippen molar-refractivity contribution >= 4 is 24.3 Å². The minimum atomic E-state index is -4.78. The molecule has 1 atom stereocenters. The van der Waals surface area contributed by atoms with Crippen molar-refractivity contribution < 1.29 is 31.9 Å². The summed E-state index contributed by atoms with van der Waals surface area (Å²) in [5.41, 5.74) is -1.99. The van der Waals surface area contributed by atoms with Crippen LogP contribution in [0.4, 0.5) is 17.6 Å². The average molecular weight is 371 g/mol. The number of amides is 1. The minimum Gasteiger partial charge on any atom is -0.468 e. The van der Waals surface area contributed by atoms with Gasteiger partial charge in [-0.2, -0.15) is 13.2 Å². The molecule has 1 aromatic rings. The molecular weight excluding hydrogens is 356 g/mol. The first-order valence-corrected chi connectivity index (χ1v) is 6.71. The van der Waals surface area contributed by atoms with Gasteiger partial charge in [0, 0.05) is 19.6 Å². The van der Waals surface area contributed by atoms with Crippen LogP contribution in [0.1, 0.15) is 15.9 Å². The topological polar surface area (TPSA) is 58.6 Å². The zero-order valence-electron chi connectivity index (χ0n) is 12.5. The van der Waals surface area contributed by atoms with Gasteiger partial charge in [-0.15, -0.1) is 12.4 Å². The Morgan fingerprint density at radius 1 is 1.33 bits per heavy atom. The van der Waals surface area contributed by atoms with Crippen molar-refractivity contribution in [1.82, 2.24) is 10.2 Å². The summed E-state index contributed by atoms with van der Waals surface area (Å²) in [4.78, 5) is 24.9. The molecule has 0 radical (unpaired) electrons. The van der Waals surface area contributed by atoms with Crippen LogP contribution in [-0.4, -0.2) is 49.6 Å². The van der Waals surface area contributed by atoms with Crippen LogP contribution >= 0.6 is 12.4 Å². The summed E-state index contributed by atoms with van der Waals surface area (Å²) < 4.78 is 56.8. The number of hydrogen-bond acceptors (Lipinski definition) is 4. The number of nitrogens with one attached hydrogen (secondary N) is 1. The number of halogens is 5. The number of hydrogen-bond donors (Lipinski definition) is 1. The monoisotopic (exact) mass is 370 g/mol. The van der Waals surface area contributed by atoms with E-state index in [-0.39, 0.29) is 32.0 Å². The van der Waals surface area contributed by atoms with E-state index in [1.165, 1.54) is 7.11 Å². The smallest absolute Gasteiger partial charge is 0.417 e. The van der Waals surface area contributed by atoms with Crippen LogP contribution in [0.15, 0.2) is 18.2 Å². The molecule has 1 fully saturated rings. The van der Waals surface area contributed by atoms with Crippen molar-refractivity contribution in [3.63, 3.8) is 0 Å². The lowest BCUT2D eigenvalue weighted by molar-refractivity contribution is -0.144. The highest BCUT2D eigenvalue weighted by Crippen LogP contribution is 2.33. The second-order valence-electron chi connectivity index (χ2n) is 4.97. The van der Waals surface area contributed by atoms with Gasteiger partial charge in [-0.1, -0.05) is 0 Å². The van der Waals surface area contributed by atoms with Crippen LogP contribution in [0.5, 0.6) is 0 Å². The summed E-state index contributed by atoms with van der Waals surface area (Å²) in [7, 11) is 1.17. The number of carbonyl (C=O) groups excluding carboxylic acids is 2. The number of methoxy groups -OCH3 is 1. The minimum absolute atomic E-state index is 0. The van der Waals surface area contributed by atoms with Gasteiger partial charge in [-0.05, 0) is 18.2 Å². The van der Waals surface area contributed by atoms with E-state index >= 15 is 0 Å². The van der Waals surface area contributed by atoms with Crippen molar-refractivity contribution in [2.45, 2.75) is 12.2 Å². The Morgan fingerprint density at radius 3 is 2.58 bits per heavy atom. The molecule has 1 aromatic carbocycles. The highest BCUT2D eigenvalue weighted by Gasteiger charge is 2.37. The van der Waals surface area contributed by atoms with Crippen LogP contribution < -0.4 is 5.32 Å². The molecule has 0 aromatic heterocycles. The largest absolute Gasteiger partial charge is 0.468 e. The van der Waals surface area contributed by atoms with Crippen LogP contribution in [0.25, 0.3) is 0 Å². The molecule has 0 aliphatic carbocycles. The number of piperazine rings is 1. The SMILES string of the molecule is COC(=O)C1CN(C(=O)c2cc(F)ccc2C(F)(F)F)CCN1.Cl. The first kappa shape index (κ1) is 20.2. The van der Waals surface area contributed by atoms with Crippen molar-refractivity contribution in [3.05, 3.63) is 35.1 Å². The van der Waals surface area contributed by atoms with Gasteiger partial charge in [-0.25, -0.2) is 4.39 Å². The molecule has 1 N–H and O–H groups in total. The molecule has 134 valence electrons. The quantitative estimate of drug-likeness (QED) is 0.637. The van der Waals surface area contributed by atoms with Crippen molar-refractivity contribution in [1.29, 1.82) is 0 Å². The second kappa shape index (κ2) is 7.80. The Labute approximate surface area is 141 Å². The molecule has 1 unspecified atom stereocenters. The lowest BCUT2D eigenvalue weighted by Crippen LogP contribution is -2.56. The maximum Gasteiger partial charge on any atom is 0.417 e. The standard InChI is InChI=1S/C14H14F4N2O3.ClH/c1-23-13(22)11-7-20(5-4-19-11)12(21)9-6-8(15)2-3-10(9)14(16,17)18;/h2-3,6,11,19H,4-5,7H2,1H3;1H. The van der Waals surface area contributed by atoms with E-state index in [1.54, 1.807) is 0 Å². The van der Waals surface area contributed by atoms with Crippen molar-refractivity contribution in [2.75, 3.05) is 26.7 Å². The maximum absolute atomic E-state index is 13.3. The third kappa shape index (κ3) is 4.35. The van der Waals surface area contributed by atoms with E-state index in [4.69, 9.17) is 0 Å². The Morgan fingerprint density at radius 2 is 2.00 bits per heavy atom. The van der Waals surface area contributed by atoms with E-state index in [9.17, 15) is 27.2 Å². The zero-order chi connectivity index (χ0) is 17.2. The molecular formula is C14H15ClF4N2O3. The number of alkyl halides is 3. The average Bonchev–Trinajstić information content (AvgIpc) is 2.52. The summed E-state index contributed by atoms with van der Waals surface area (Å²) in [5, 5.41) is 2.80. The third-order valence-corrected chi connectivity index (χ3v) is 3.47. The Bertz CT molecular complexity index is 625. The molecule has 1 aliphatic heterocycles. The van der Waals surface area contributed by atoms with E-state index in [2.05, 4.69) is 10.1 Å². The number of esters is 1. The van der Waals surface area contributed by atoms with E-state index < -0.39 is 41.0 Å². The molecule has 0 bridgehead atoms. The molecule has 1 amide bonds. The van der Waals surface area contributed by atoms with Crippen molar-refractivity contribution in [2.24, 2.45) is 0 Å². The molecule has 1 aliphatic rings. The van der Waals surface area contributed by atoms with Gasteiger partial charge in [0.25, 0.3) is 5.91 Å². The van der Waals surface area contributed by atoms with E-state index in [0.29, 0.717) is 18.2 Å². The molecule has 10 heteroatoms. The maximum atomic E-state index is 13.3. The van der Waals surface area contributed by atoms with Gasteiger partial charge in [0.1, 0.15) is 11.9 Å². The normalized spacial score (nSPS) is 17.9. The van der Waals surface area contributed by atoms with Gasteiger partial charge in [-0.3, -0.25) is 9.59 Å². The fraction of sp³-hybridized carbons (Fsp3) is 0.429. The molecule has 0 saturated carbocycles. The lowest BCUT2D eigenvalue weighted by Gasteiger charge is -2.32. The summed E-state index contributed by atoms with van der Waals surface area (Å²) in [6.45, 7) is 0.154. The summed E-state index contributed by atoms with van der Waals surface area (Å²) in [5.74, 6) is -2.55. The first-order valence-electron chi connectivity index (χ1n) is 6.71. The predicted molar refractivity (Wildman–Crippen MR) is 78.4 cm³/mol. The van der Waals surface area contributed by atoms with Gasteiger partial charge < -0.3 is 15.0 Å². The zero-order valence-corrected chi connectivity index (χ0v) is 13.3. The van der Waals surface area contributed by atoms with Crippen LogP contribution in [0, 0.1) is 5.82 Å². The number of benzene rings is 1. The van der Waals surface area contributed by atoms with E-state index in [0.717, 1.165) is 4.90 Å². The predicted octanol–water partition coefficient (Wildman–Crippen LogP) is 1.85. The summed E-state index contributed by atoms with van der Waals surface area (Å²) in [6, 6.07) is 0.901. The molecule has 2 rings (SSSR count). The molecule has 5 nitrogen and oxygen atoms in total. The third-order valence-electron chi connectivity index (χ3n) is 3.47.